The van der Waals surface area contributed by atoms with Crippen molar-refractivity contribution in [2.45, 2.75) is 77.0 Å². The van der Waals surface area contributed by atoms with Crippen LogP contribution in [0.2, 0.25) is 0 Å². The molecule has 4 nitrogen and oxygen atoms in total. The van der Waals surface area contributed by atoms with Gasteiger partial charge in [0.05, 0.1) is 28.3 Å². The van der Waals surface area contributed by atoms with Gasteiger partial charge < -0.3 is 5.73 Å². The lowest BCUT2D eigenvalue weighted by molar-refractivity contribution is 0.454. The normalized spacial score (nSPS) is 14.1. The first-order chi connectivity index (χ1) is 17.7. The Balaban J connectivity index is 0.00000163. The number of amidine groups is 1. The SMILES string of the molecule is C=CC(c1ccc(S(=O)C(C)C)cc1)C(C)(N=C(C)N)c1cc(-c2cccc(C#N)c2)cs1.CC.CC. The van der Waals surface area contributed by atoms with Crippen molar-refractivity contribution in [1.82, 2.24) is 0 Å². The lowest BCUT2D eigenvalue weighted by Gasteiger charge is -2.32. The summed E-state index contributed by atoms with van der Waals surface area (Å²) in [6.07, 6.45) is 1.90. The van der Waals surface area contributed by atoms with Crippen LogP contribution in [0.1, 0.15) is 77.3 Å². The van der Waals surface area contributed by atoms with Gasteiger partial charge in [0.15, 0.2) is 0 Å². The van der Waals surface area contributed by atoms with E-state index in [9.17, 15) is 9.47 Å². The highest BCUT2D eigenvalue weighted by molar-refractivity contribution is 7.85. The van der Waals surface area contributed by atoms with E-state index in [1.54, 1.807) is 24.3 Å². The Bertz CT molecular complexity index is 1230. The highest BCUT2D eigenvalue weighted by Crippen LogP contribution is 2.45. The van der Waals surface area contributed by atoms with Gasteiger partial charge in [-0.2, -0.15) is 5.26 Å². The van der Waals surface area contributed by atoms with E-state index in [1.807, 2.05) is 90.1 Å². The number of hydrogen-bond acceptors (Lipinski definition) is 4. The van der Waals surface area contributed by atoms with E-state index >= 15 is 0 Å². The molecular weight excluding hydrogens is 494 g/mol. The quantitative estimate of drug-likeness (QED) is 0.179. The van der Waals surface area contributed by atoms with E-state index in [0.29, 0.717) is 11.4 Å². The molecule has 3 atom stereocenters. The van der Waals surface area contributed by atoms with E-state index in [4.69, 9.17) is 10.7 Å². The van der Waals surface area contributed by atoms with Crippen molar-refractivity contribution in [2.24, 2.45) is 10.7 Å². The molecule has 3 rings (SSSR count). The van der Waals surface area contributed by atoms with Crippen LogP contribution in [0.5, 0.6) is 0 Å². The van der Waals surface area contributed by atoms with Gasteiger partial charge in [-0.1, -0.05) is 71.9 Å². The monoisotopic (exact) mass is 535 g/mol. The molecule has 1 aromatic heterocycles. The zero-order valence-electron chi connectivity index (χ0n) is 23.4. The van der Waals surface area contributed by atoms with Crippen molar-refractivity contribution in [3.63, 3.8) is 0 Å². The maximum Gasteiger partial charge on any atom is 0.104 e. The standard InChI is InChI=1S/C27H29N3OS2.2C2H6/c1-6-25(21-10-12-24(13-11-21)33(31)18(2)3)27(5,30-19(4)29)26-15-23(17-32-26)22-9-7-8-20(14-22)16-28;2*1-2/h6-15,17-18,25H,1H2,2-5H3,(H2,29,30);2*1-2H3. The van der Waals surface area contributed by atoms with Gasteiger partial charge in [0, 0.05) is 20.9 Å². The molecule has 6 heteroatoms. The molecule has 37 heavy (non-hydrogen) atoms. The Kier molecular flexibility index (Phi) is 13.2. The average Bonchev–Trinajstić information content (AvgIpc) is 3.42. The first-order valence-electron chi connectivity index (χ1n) is 12.7. The number of nitriles is 1. The highest BCUT2D eigenvalue weighted by Gasteiger charge is 2.37. The largest absolute Gasteiger partial charge is 0.388 e. The van der Waals surface area contributed by atoms with Crippen molar-refractivity contribution in [2.75, 3.05) is 0 Å². The van der Waals surface area contributed by atoms with Crippen molar-refractivity contribution >= 4 is 28.0 Å². The fourth-order valence-electron chi connectivity index (χ4n) is 3.94. The third-order valence-corrected chi connectivity index (χ3v) is 8.32. The lowest BCUT2D eigenvalue weighted by atomic mass is 9.79. The van der Waals surface area contributed by atoms with Crippen molar-refractivity contribution < 1.29 is 4.21 Å². The molecule has 0 amide bonds. The number of benzene rings is 2. The fraction of sp³-hybridized carbons (Fsp3) is 0.355. The molecule has 0 radical (unpaired) electrons. The second kappa shape index (κ2) is 15.3. The molecule has 0 aliphatic heterocycles. The Labute approximate surface area is 230 Å². The summed E-state index contributed by atoms with van der Waals surface area (Å²) >= 11 is 1.62. The fourth-order valence-corrected chi connectivity index (χ4v) is 5.95. The lowest BCUT2D eigenvalue weighted by Crippen LogP contribution is -2.29. The van der Waals surface area contributed by atoms with Crippen LogP contribution in [0.15, 0.2) is 82.5 Å². The smallest absolute Gasteiger partial charge is 0.104 e. The Hall–Kier alpha value is -3.01. The van der Waals surface area contributed by atoms with E-state index in [1.165, 1.54) is 0 Å². The summed E-state index contributed by atoms with van der Waals surface area (Å²) in [6.45, 7) is 19.9. The van der Waals surface area contributed by atoms with Gasteiger partial charge >= 0.3 is 0 Å². The summed E-state index contributed by atoms with van der Waals surface area (Å²) in [5.74, 6) is 0.345. The van der Waals surface area contributed by atoms with Gasteiger partial charge in [0.25, 0.3) is 0 Å². The molecule has 0 fully saturated rings. The maximum atomic E-state index is 12.5. The third kappa shape index (κ3) is 7.99. The second-order valence-corrected chi connectivity index (χ2v) is 11.3. The van der Waals surface area contributed by atoms with Crippen molar-refractivity contribution in [1.29, 1.82) is 5.26 Å². The summed E-state index contributed by atoms with van der Waals surface area (Å²) in [7, 11) is -1.04. The van der Waals surface area contributed by atoms with Crippen LogP contribution in [-0.2, 0) is 16.3 Å². The molecule has 2 aromatic carbocycles. The summed E-state index contributed by atoms with van der Waals surface area (Å²) < 4.78 is 12.5. The summed E-state index contributed by atoms with van der Waals surface area (Å²) in [5.41, 5.74) is 9.09. The van der Waals surface area contributed by atoms with Gasteiger partial charge in [-0.15, -0.1) is 17.9 Å². The first-order valence-corrected chi connectivity index (χ1v) is 14.8. The van der Waals surface area contributed by atoms with E-state index in [2.05, 4.69) is 31.0 Å². The second-order valence-electron chi connectivity index (χ2n) is 8.42. The van der Waals surface area contributed by atoms with E-state index in [-0.39, 0.29) is 11.2 Å². The Morgan fingerprint density at radius 2 is 1.73 bits per heavy atom. The zero-order valence-corrected chi connectivity index (χ0v) is 25.0. The Morgan fingerprint density at radius 1 is 1.11 bits per heavy atom. The minimum Gasteiger partial charge on any atom is -0.388 e. The molecule has 0 saturated heterocycles. The van der Waals surface area contributed by atoms with Gasteiger partial charge in [0.1, 0.15) is 5.54 Å². The van der Waals surface area contributed by atoms with Crippen molar-refractivity contribution in [3.8, 4) is 17.2 Å². The number of hydrogen-bond donors (Lipinski definition) is 1. The summed E-state index contributed by atoms with van der Waals surface area (Å²) in [4.78, 5) is 6.73. The van der Waals surface area contributed by atoms with Crippen LogP contribution in [-0.4, -0.2) is 15.3 Å². The van der Waals surface area contributed by atoms with Gasteiger partial charge in [-0.3, -0.25) is 9.20 Å². The van der Waals surface area contributed by atoms with Gasteiger partial charge in [-0.25, -0.2) is 0 Å². The number of aliphatic imine (C=N–C) groups is 1. The molecule has 0 aliphatic carbocycles. The first kappa shape index (κ1) is 32.0. The summed E-state index contributed by atoms with van der Waals surface area (Å²) in [6, 6.07) is 19.8. The van der Waals surface area contributed by atoms with Gasteiger partial charge in [-0.05, 0) is 66.2 Å². The van der Waals surface area contributed by atoms with Crippen molar-refractivity contribution in [3.05, 3.63) is 88.6 Å². The van der Waals surface area contributed by atoms with Crippen LogP contribution < -0.4 is 5.73 Å². The number of nitrogens with zero attached hydrogens (tertiary/aromatic N) is 2. The molecule has 1 heterocycles. The molecule has 0 bridgehead atoms. The van der Waals surface area contributed by atoms with Crippen LogP contribution in [0.25, 0.3) is 11.1 Å². The molecule has 2 N–H and O–H groups in total. The highest BCUT2D eigenvalue weighted by atomic mass is 32.2. The predicted octanol–water partition coefficient (Wildman–Crippen LogP) is 8.42. The average molecular weight is 536 g/mol. The van der Waals surface area contributed by atoms with Crippen LogP contribution in [0.4, 0.5) is 0 Å². The van der Waals surface area contributed by atoms with E-state index in [0.717, 1.165) is 26.5 Å². The molecule has 3 aromatic rings. The summed E-state index contributed by atoms with van der Waals surface area (Å²) in [5, 5.41) is 11.4. The van der Waals surface area contributed by atoms with Gasteiger partial charge in [0.2, 0.25) is 0 Å². The zero-order chi connectivity index (χ0) is 28.2. The van der Waals surface area contributed by atoms with Crippen LogP contribution >= 0.6 is 11.3 Å². The van der Waals surface area contributed by atoms with Crippen LogP contribution in [0, 0.1) is 11.3 Å². The van der Waals surface area contributed by atoms with E-state index < -0.39 is 16.3 Å². The molecule has 0 spiro atoms. The minimum absolute atomic E-state index is 0.0601. The molecule has 198 valence electrons. The topological polar surface area (TPSA) is 79.2 Å². The number of rotatable bonds is 8. The van der Waals surface area contributed by atoms with Crippen LogP contribution in [0.3, 0.4) is 0 Å². The molecule has 0 saturated carbocycles. The number of nitrogens with two attached hydrogens (primary N) is 1. The number of thiophene rings is 1. The maximum absolute atomic E-state index is 12.5. The molecular formula is C31H41N3OS2. The molecule has 0 aliphatic rings. The third-order valence-electron chi connectivity index (χ3n) is 5.57. The Morgan fingerprint density at radius 3 is 2.24 bits per heavy atom. The molecule has 3 unspecified atom stereocenters. The minimum atomic E-state index is -1.04. The predicted molar refractivity (Wildman–Crippen MR) is 163 cm³/mol.